The molecule has 0 atom stereocenters. The van der Waals surface area contributed by atoms with Crippen LogP contribution in [0.15, 0.2) is 24.3 Å². The van der Waals surface area contributed by atoms with Crippen LogP contribution < -0.4 is 4.74 Å². The highest BCUT2D eigenvalue weighted by atomic mass is 19.4. The summed E-state index contributed by atoms with van der Waals surface area (Å²) in [6, 6.07) is 5.30. The van der Waals surface area contributed by atoms with Crippen molar-refractivity contribution >= 4 is 0 Å². The Morgan fingerprint density at radius 3 is 2.10 bits per heavy atom. The summed E-state index contributed by atoms with van der Waals surface area (Å²) in [5.74, 6) is 0.756. The van der Waals surface area contributed by atoms with E-state index in [0.717, 1.165) is 31.2 Å². The molecule has 0 spiro atoms. The molecule has 0 aliphatic rings. The van der Waals surface area contributed by atoms with Crippen molar-refractivity contribution in [1.82, 2.24) is 0 Å². The first-order chi connectivity index (χ1) is 9.29. The predicted molar refractivity (Wildman–Crippen MR) is 77.0 cm³/mol. The molecule has 0 bridgehead atoms. The summed E-state index contributed by atoms with van der Waals surface area (Å²) in [6.45, 7) is 8.87. The molecule has 0 heterocycles. The second-order valence-electron chi connectivity index (χ2n) is 5.28. The number of rotatable bonds is 5. The molecular weight excluding hydrogens is 265 g/mol. The van der Waals surface area contributed by atoms with Crippen molar-refractivity contribution in [2.75, 3.05) is 6.61 Å². The first-order valence-corrected chi connectivity index (χ1v) is 7.08. The Bertz CT molecular complexity index is 356. The fraction of sp³-hybridized carbons (Fsp3) is 0.625. The van der Waals surface area contributed by atoms with Crippen LogP contribution in [-0.4, -0.2) is 6.61 Å². The standard InChI is InChI=1S/C12H15F3O.C4H10/c1-2-3-6-9-16-11-8-5-4-7-10(11)12(13,14)15;1-4(2)3/h4-5,7-8H,2-3,6,9H2,1H3;4H,1-3H3. The molecule has 20 heavy (non-hydrogen) atoms. The van der Waals surface area contributed by atoms with Gasteiger partial charge in [-0.15, -0.1) is 0 Å². The Balaban J connectivity index is 0.000000796. The Kier molecular flexibility index (Phi) is 9.10. The van der Waals surface area contributed by atoms with E-state index in [-0.39, 0.29) is 5.75 Å². The topological polar surface area (TPSA) is 9.23 Å². The molecule has 0 aromatic heterocycles. The van der Waals surface area contributed by atoms with Crippen molar-refractivity contribution in [3.63, 3.8) is 0 Å². The fourth-order valence-corrected chi connectivity index (χ4v) is 1.36. The molecule has 0 fully saturated rings. The van der Waals surface area contributed by atoms with Crippen molar-refractivity contribution in [2.45, 2.75) is 53.1 Å². The maximum atomic E-state index is 12.5. The summed E-state index contributed by atoms with van der Waals surface area (Å²) in [6.07, 6.45) is -1.58. The molecule has 0 aliphatic carbocycles. The van der Waals surface area contributed by atoms with Gasteiger partial charge in [0, 0.05) is 0 Å². The minimum Gasteiger partial charge on any atom is -0.493 e. The van der Waals surface area contributed by atoms with Crippen molar-refractivity contribution in [3.8, 4) is 5.75 Å². The number of para-hydroxylation sites is 1. The Hall–Kier alpha value is -1.19. The van der Waals surface area contributed by atoms with E-state index in [1.165, 1.54) is 12.1 Å². The number of unbranched alkanes of at least 4 members (excludes halogenated alkanes) is 2. The van der Waals surface area contributed by atoms with Crippen LogP contribution in [0.4, 0.5) is 13.2 Å². The van der Waals surface area contributed by atoms with Crippen molar-refractivity contribution in [1.29, 1.82) is 0 Å². The van der Waals surface area contributed by atoms with Gasteiger partial charge in [-0.3, -0.25) is 0 Å². The maximum Gasteiger partial charge on any atom is 0.419 e. The van der Waals surface area contributed by atoms with Gasteiger partial charge in [-0.05, 0) is 24.5 Å². The van der Waals surface area contributed by atoms with E-state index in [2.05, 4.69) is 20.8 Å². The molecule has 1 aromatic carbocycles. The third-order valence-electron chi connectivity index (χ3n) is 2.20. The van der Waals surface area contributed by atoms with Gasteiger partial charge >= 0.3 is 6.18 Å². The molecule has 0 radical (unpaired) electrons. The van der Waals surface area contributed by atoms with Gasteiger partial charge in [-0.1, -0.05) is 52.7 Å². The average Bonchev–Trinajstić information content (AvgIpc) is 2.33. The molecule has 1 aromatic rings. The fourth-order valence-electron chi connectivity index (χ4n) is 1.36. The monoisotopic (exact) mass is 290 g/mol. The largest absolute Gasteiger partial charge is 0.493 e. The van der Waals surface area contributed by atoms with E-state index in [1.807, 2.05) is 6.92 Å². The third-order valence-corrected chi connectivity index (χ3v) is 2.20. The normalized spacial score (nSPS) is 11.0. The van der Waals surface area contributed by atoms with Gasteiger partial charge in [0.05, 0.1) is 12.2 Å². The van der Waals surface area contributed by atoms with Crippen LogP contribution in [0.3, 0.4) is 0 Å². The van der Waals surface area contributed by atoms with Crippen molar-refractivity contribution in [2.24, 2.45) is 5.92 Å². The van der Waals surface area contributed by atoms with Crippen LogP contribution in [0, 0.1) is 5.92 Å². The molecule has 0 amide bonds. The highest BCUT2D eigenvalue weighted by Gasteiger charge is 2.33. The molecule has 1 nitrogen and oxygen atoms in total. The first kappa shape index (κ1) is 18.8. The van der Waals surface area contributed by atoms with Crippen LogP contribution in [0.2, 0.25) is 0 Å². The SMILES string of the molecule is CC(C)C.CCCCCOc1ccccc1C(F)(F)F. The molecule has 0 saturated heterocycles. The average molecular weight is 290 g/mol. The third kappa shape index (κ3) is 8.83. The zero-order valence-electron chi connectivity index (χ0n) is 12.8. The van der Waals surface area contributed by atoms with E-state index >= 15 is 0 Å². The van der Waals surface area contributed by atoms with E-state index in [1.54, 1.807) is 6.07 Å². The minimum atomic E-state index is -4.35. The molecule has 0 unspecified atom stereocenters. The summed E-state index contributed by atoms with van der Waals surface area (Å²) in [4.78, 5) is 0. The molecule has 0 aliphatic heterocycles. The lowest BCUT2D eigenvalue weighted by Gasteiger charge is -2.13. The number of alkyl halides is 3. The summed E-state index contributed by atoms with van der Waals surface area (Å²) < 4.78 is 42.8. The second kappa shape index (κ2) is 9.67. The molecular formula is C16H25F3O. The Morgan fingerprint density at radius 2 is 1.60 bits per heavy atom. The summed E-state index contributed by atoms with van der Waals surface area (Å²) in [5.41, 5.74) is -0.702. The molecule has 116 valence electrons. The van der Waals surface area contributed by atoms with Crippen LogP contribution in [-0.2, 0) is 6.18 Å². The molecule has 1 rings (SSSR count). The van der Waals surface area contributed by atoms with E-state index in [0.29, 0.717) is 6.61 Å². The van der Waals surface area contributed by atoms with Gasteiger partial charge in [-0.2, -0.15) is 13.2 Å². The summed E-state index contributed by atoms with van der Waals surface area (Å²) in [7, 11) is 0. The molecule has 0 saturated carbocycles. The van der Waals surface area contributed by atoms with Gasteiger partial charge in [0.1, 0.15) is 5.75 Å². The second-order valence-corrected chi connectivity index (χ2v) is 5.28. The lowest BCUT2D eigenvalue weighted by molar-refractivity contribution is -0.138. The van der Waals surface area contributed by atoms with Crippen LogP contribution in [0.1, 0.15) is 52.5 Å². The minimum absolute atomic E-state index is 0.0777. The number of hydrogen-bond acceptors (Lipinski definition) is 1. The maximum absolute atomic E-state index is 12.5. The number of hydrogen-bond donors (Lipinski definition) is 0. The van der Waals surface area contributed by atoms with Gasteiger partial charge in [0.2, 0.25) is 0 Å². The summed E-state index contributed by atoms with van der Waals surface area (Å²) in [5, 5.41) is 0. The van der Waals surface area contributed by atoms with Gasteiger partial charge in [0.25, 0.3) is 0 Å². The number of benzene rings is 1. The van der Waals surface area contributed by atoms with E-state index < -0.39 is 11.7 Å². The lowest BCUT2D eigenvalue weighted by Crippen LogP contribution is -2.09. The molecule has 4 heteroatoms. The first-order valence-electron chi connectivity index (χ1n) is 7.08. The van der Waals surface area contributed by atoms with Crippen LogP contribution in [0.25, 0.3) is 0 Å². The van der Waals surface area contributed by atoms with Crippen molar-refractivity contribution < 1.29 is 17.9 Å². The van der Waals surface area contributed by atoms with Gasteiger partial charge in [-0.25, -0.2) is 0 Å². The quantitative estimate of drug-likeness (QED) is 0.610. The number of ether oxygens (including phenoxy) is 1. The predicted octanol–water partition coefficient (Wildman–Crippen LogP) is 5.94. The Labute approximate surface area is 120 Å². The number of halogens is 3. The Morgan fingerprint density at radius 1 is 1.05 bits per heavy atom. The smallest absolute Gasteiger partial charge is 0.419 e. The van der Waals surface area contributed by atoms with Gasteiger partial charge < -0.3 is 4.74 Å². The van der Waals surface area contributed by atoms with Crippen LogP contribution >= 0.6 is 0 Å². The zero-order valence-corrected chi connectivity index (χ0v) is 12.8. The van der Waals surface area contributed by atoms with Crippen LogP contribution in [0.5, 0.6) is 5.75 Å². The van der Waals surface area contributed by atoms with E-state index in [9.17, 15) is 13.2 Å². The van der Waals surface area contributed by atoms with E-state index in [4.69, 9.17) is 4.74 Å². The summed E-state index contributed by atoms with van der Waals surface area (Å²) >= 11 is 0. The lowest BCUT2D eigenvalue weighted by atomic mass is 10.2. The molecule has 0 N–H and O–H groups in total. The highest BCUT2D eigenvalue weighted by Crippen LogP contribution is 2.35. The van der Waals surface area contributed by atoms with Crippen molar-refractivity contribution in [3.05, 3.63) is 29.8 Å². The zero-order chi connectivity index (χ0) is 15.6. The van der Waals surface area contributed by atoms with Gasteiger partial charge in [0.15, 0.2) is 0 Å². The highest BCUT2D eigenvalue weighted by molar-refractivity contribution is 5.35.